The molecule has 0 aromatic carbocycles. The van der Waals surface area contributed by atoms with E-state index in [0.717, 1.165) is 61.7 Å². The zero-order chi connectivity index (χ0) is 19.4. The smallest absolute Gasteiger partial charge is 0.303 e. The second-order valence-corrected chi connectivity index (χ2v) is 11.0. The Balaban J connectivity index is 1.49. The zero-order valence-corrected chi connectivity index (χ0v) is 17.5. The van der Waals surface area contributed by atoms with Gasteiger partial charge in [0.2, 0.25) is 0 Å². The average Bonchev–Trinajstić information content (AvgIpc) is 2.91. The number of rotatable bonds is 4. The number of carboxylic acids is 1. The van der Waals surface area contributed by atoms with Gasteiger partial charge in [0.1, 0.15) is 5.78 Å². The van der Waals surface area contributed by atoms with Crippen LogP contribution in [0.5, 0.6) is 0 Å². The number of Topliss-reactive ketones (excluding diaryl/α,β-unsaturated/α-hetero) is 1. The summed E-state index contributed by atoms with van der Waals surface area (Å²) in [6, 6.07) is 0. The number of aliphatic carboxylic acids is 1. The van der Waals surface area contributed by atoms with E-state index in [1.807, 2.05) is 0 Å². The molecule has 4 rings (SSSR count). The third-order valence-electron chi connectivity index (χ3n) is 9.85. The van der Waals surface area contributed by atoms with E-state index in [1.54, 1.807) is 0 Å². The van der Waals surface area contributed by atoms with Crippen LogP contribution in [0, 0.1) is 46.3 Å². The summed E-state index contributed by atoms with van der Waals surface area (Å²) in [7, 11) is 0. The lowest BCUT2D eigenvalue weighted by molar-refractivity contribution is -0.148. The van der Waals surface area contributed by atoms with Gasteiger partial charge >= 0.3 is 5.97 Å². The molecule has 0 aliphatic heterocycles. The number of carboxylic acid groups (broad SMARTS) is 1. The Bertz CT molecular complexity index is 613. The summed E-state index contributed by atoms with van der Waals surface area (Å²) in [4.78, 5) is 23.4. The van der Waals surface area contributed by atoms with Crippen LogP contribution in [-0.2, 0) is 9.59 Å². The Morgan fingerprint density at radius 1 is 1.07 bits per heavy atom. The number of fused-ring (bicyclic) bond motifs is 5. The highest BCUT2D eigenvalue weighted by atomic mass is 16.4. The van der Waals surface area contributed by atoms with Crippen LogP contribution in [0.2, 0.25) is 0 Å². The van der Waals surface area contributed by atoms with Crippen molar-refractivity contribution in [2.45, 2.75) is 91.4 Å². The van der Waals surface area contributed by atoms with Crippen LogP contribution >= 0.6 is 0 Å². The van der Waals surface area contributed by atoms with Crippen molar-refractivity contribution >= 4 is 11.8 Å². The van der Waals surface area contributed by atoms with E-state index in [4.69, 9.17) is 5.11 Å². The summed E-state index contributed by atoms with van der Waals surface area (Å²) < 4.78 is 0. The number of hydrogen-bond acceptors (Lipinski definition) is 2. The molecule has 0 spiro atoms. The largest absolute Gasteiger partial charge is 0.481 e. The molecule has 0 heterocycles. The number of ketones is 1. The lowest BCUT2D eigenvalue weighted by Gasteiger charge is -2.62. The number of carbonyl (C=O) groups excluding carboxylic acids is 1. The lowest BCUT2D eigenvalue weighted by Crippen LogP contribution is -2.55. The van der Waals surface area contributed by atoms with Crippen molar-refractivity contribution in [3.63, 3.8) is 0 Å². The third kappa shape index (κ3) is 3.08. The number of carbonyl (C=O) groups is 2. The van der Waals surface area contributed by atoms with Crippen LogP contribution in [0.3, 0.4) is 0 Å². The van der Waals surface area contributed by atoms with E-state index in [1.165, 1.54) is 32.1 Å². The molecule has 152 valence electrons. The highest BCUT2D eigenvalue weighted by Crippen LogP contribution is 2.67. The van der Waals surface area contributed by atoms with E-state index in [-0.39, 0.29) is 5.41 Å². The van der Waals surface area contributed by atoms with Crippen LogP contribution in [-0.4, -0.2) is 16.9 Å². The van der Waals surface area contributed by atoms with Crippen molar-refractivity contribution in [1.29, 1.82) is 0 Å². The summed E-state index contributed by atoms with van der Waals surface area (Å²) in [5.74, 6) is 4.37. The van der Waals surface area contributed by atoms with E-state index in [0.29, 0.717) is 23.5 Å². The predicted molar refractivity (Wildman–Crippen MR) is 106 cm³/mol. The summed E-state index contributed by atoms with van der Waals surface area (Å²) in [6.45, 7) is 7.33. The summed E-state index contributed by atoms with van der Waals surface area (Å²) >= 11 is 0. The third-order valence-corrected chi connectivity index (χ3v) is 9.85. The molecule has 1 N–H and O–H groups in total. The molecule has 4 unspecified atom stereocenters. The predicted octanol–water partition coefficient (Wildman–Crippen LogP) is 5.72. The fourth-order valence-electron chi connectivity index (χ4n) is 8.39. The maximum Gasteiger partial charge on any atom is 0.303 e. The maximum atomic E-state index is 12.6. The maximum absolute atomic E-state index is 12.6. The van der Waals surface area contributed by atoms with Crippen LogP contribution in [0.15, 0.2) is 0 Å². The Hall–Kier alpha value is -0.860. The Kier molecular flexibility index (Phi) is 4.96. The van der Waals surface area contributed by atoms with Gasteiger partial charge in [0.05, 0.1) is 0 Å². The summed E-state index contributed by atoms with van der Waals surface area (Å²) in [5, 5.41) is 8.93. The molecule has 3 nitrogen and oxygen atoms in total. The fourth-order valence-corrected chi connectivity index (χ4v) is 8.39. The molecule has 0 saturated heterocycles. The molecular weight excluding hydrogens is 336 g/mol. The van der Waals surface area contributed by atoms with Crippen LogP contribution in [0.4, 0.5) is 0 Å². The zero-order valence-electron chi connectivity index (χ0n) is 17.5. The van der Waals surface area contributed by atoms with Gasteiger partial charge in [0, 0.05) is 18.3 Å². The van der Waals surface area contributed by atoms with E-state index < -0.39 is 5.97 Å². The molecular formula is C24H38O3. The van der Waals surface area contributed by atoms with E-state index in [9.17, 15) is 9.59 Å². The minimum atomic E-state index is -0.652. The minimum absolute atomic E-state index is 0.0158. The van der Waals surface area contributed by atoms with Gasteiger partial charge in [-0.2, -0.15) is 0 Å². The van der Waals surface area contributed by atoms with Crippen molar-refractivity contribution < 1.29 is 14.7 Å². The summed E-state index contributed by atoms with van der Waals surface area (Å²) in [6.07, 6.45) is 11.8. The van der Waals surface area contributed by atoms with E-state index >= 15 is 0 Å². The summed E-state index contributed by atoms with van der Waals surface area (Å²) in [5.41, 5.74) is 0.427. The average molecular weight is 375 g/mol. The molecule has 27 heavy (non-hydrogen) atoms. The lowest BCUT2D eigenvalue weighted by atomic mass is 9.42. The van der Waals surface area contributed by atoms with Gasteiger partial charge in [-0.25, -0.2) is 0 Å². The van der Waals surface area contributed by atoms with Gasteiger partial charge in [-0.05, 0) is 98.7 Å². The standard InChI is InChI=1S/C24H38O3/c1-15-13-17-18-7-8-21(25)24(18,3)12-10-19(17)23(2)11-9-16(14-20(15)23)5-4-6-22(26)27/h15-20H,4-14H2,1-3H3,(H,26,27)/t15-,16+,17?,18?,19?,20?,23-,24+/m1/s1. The highest BCUT2D eigenvalue weighted by Gasteiger charge is 2.61. The quantitative estimate of drug-likeness (QED) is 0.685. The van der Waals surface area contributed by atoms with Crippen molar-refractivity contribution in [1.82, 2.24) is 0 Å². The fraction of sp³-hybridized carbons (Fsp3) is 0.917. The van der Waals surface area contributed by atoms with Crippen molar-refractivity contribution in [2.24, 2.45) is 46.3 Å². The molecule has 0 amide bonds. The molecule has 4 fully saturated rings. The van der Waals surface area contributed by atoms with Gasteiger partial charge in [-0.3, -0.25) is 9.59 Å². The Morgan fingerprint density at radius 3 is 2.59 bits per heavy atom. The van der Waals surface area contributed by atoms with Crippen LogP contribution in [0.25, 0.3) is 0 Å². The van der Waals surface area contributed by atoms with E-state index in [2.05, 4.69) is 20.8 Å². The SMILES string of the molecule is C[C@@H]1CC2C(CC[C@]3(C)C(=O)CCC23)[C@@]2(C)CC[C@H](CCCC(=O)O)CC12. The first kappa shape index (κ1) is 19.5. The van der Waals surface area contributed by atoms with Gasteiger partial charge in [0.25, 0.3) is 0 Å². The number of hydrogen-bond donors (Lipinski definition) is 1. The first-order valence-electron chi connectivity index (χ1n) is 11.5. The minimum Gasteiger partial charge on any atom is -0.481 e. The topological polar surface area (TPSA) is 54.4 Å². The molecule has 0 bridgehead atoms. The Morgan fingerprint density at radius 2 is 1.85 bits per heavy atom. The first-order chi connectivity index (χ1) is 12.8. The molecule has 0 radical (unpaired) electrons. The monoisotopic (exact) mass is 374 g/mol. The van der Waals surface area contributed by atoms with Gasteiger partial charge < -0.3 is 5.11 Å². The molecule has 0 aromatic rings. The molecule has 8 atom stereocenters. The second-order valence-electron chi connectivity index (χ2n) is 11.0. The van der Waals surface area contributed by atoms with Crippen molar-refractivity contribution in [2.75, 3.05) is 0 Å². The van der Waals surface area contributed by atoms with Gasteiger partial charge in [-0.1, -0.05) is 20.8 Å². The molecule has 4 aliphatic carbocycles. The van der Waals surface area contributed by atoms with Gasteiger partial charge in [-0.15, -0.1) is 0 Å². The van der Waals surface area contributed by atoms with Crippen molar-refractivity contribution in [3.8, 4) is 0 Å². The van der Waals surface area contributed by atoms with Crippen LogP contribution < -0.4 is 0 Å². The molecule has 0 aromatic heterocycles. The normalized spacial score (nSPS) is 49.2. The first-order valence-corrected chi connectivity index (χ1v) is 11.5. The van der Waals surface area contributed by atoms with Crippen LogP contribution in [0.1, 0.15) is 91.4 Å². The van der Waals surface area contributed by atoms with Gasteiger partial charge in [0.15, 0.2) is 0 Å². The highest BCUT2D eigenvalue weighted by molar-refractivity contribution is 5.87. The molecule has 4 aliphatic rings. The van der Waals surface area contributed by atoms with Crippen molar-refractivity contribution in [3.05, 3.63) is 0 Å². The Labute approximate surface area is 164 Å². The molecule has 3 heteroatoms. The molecule has 4 saturated carbocycles. The second kappa shape index (κ2) is 6.88.